The van der Waals surface area contributed by atoms with E-state index in [-0.39, 0.29) is 0 Å². The van der Waals surface area contributed by atoms with E-state index in [0.29, 0.717) is 17.4 Å². The molecule has 3 fully saturated rings. The molecule has 5 unspecified atom stereocenters. The number of hydrogen-bond acceptors (Lipinski definition) is 3. The van der Waals surface area contributed by atoms with Crippen LogP contribution in [0.25, 0.3) is 0 Å². The molecule has 3 heteroatoms. The molecule has 2 heterocycles. The van der Waals surface area contributed by atoms with Crippen LogP contribution in [0.5, 0.6) is 0 Å². The summed E-state index contributed by atoms with van der Waals surface area (Å²) in [5, 5.41) is 7.62. The molecule has 3 nitrogen and oxygen atoms in total. The predicted octanol–water partition coefficient (Wildman–Crippen LogP) is 1.79. The topological polar surface area (TPSA) is 33.6 Å². The van der Waals surface area contributed by atoms with E-state index < -0.39 is 0 Å². The van der Waals surface area contributed by atoms with Crippen LogP contribution in [0.2, 0.25) is 0 Å². The van der Waals surface area contributed by atoms with Gasteiger partial charge >= 0.3 is 0 Å². The van der Waals surface area contributed by atoms with E-state index in [1.54, 1.807) is 0 Å². The van der Waals surface area contributed by atoms with E-state index in [0.717, 1.165) is 11.8 Å². The fraction of sp³-hybridized carbons (Fsp3) is 0.923. The first-order valence-electron chi connectivity index (χ1n) is 6.76. The molecule has 0 bridgehead atoms. The Morgan fingerprint density at radius 3 is 3.19 bits per heavy atom. The van der Waals surface area contributed by atoms with Crippen molar-refractivity contribution in [2.24, 2.45) is 28.3 Å². The summed E-state index contributed by atoms with van der Waals surface area (Å²) in [4.78, 5) is 5.62. The quantitative estimate of drug-likeness (QED) is 0.675. The lowest BCUT2D eigenvalue weighted by atomic mass is 9.74. The number of nitrogens with zero attached hydrogens (tertiary/aromatic N) is 1. The number of fused-ring (bicyclic) bond motifs is 3. The van der Waals surface area contributed by atoms with Crippen molar-refractivity contribution >= 4 is 6.21 Å². The molecule has 0 aromatic rings. The van der Waals surface area contributed by atoms with Gasteiger partial charge in [-0.1, -0.05) is 5.16 Å². The highest BCUT2D eigenvalue weighted by atomic mass is 16.6. The van der Waals surface area contributed by atoms with Crippen LogP contribution in [-0.2, 0) is 4.84 Å². The molecule has 1 saturated heterocycles. The van der Waals surface area contributed by atoms with Crippen molar-refractivity contribution in [3.05, 3.63) is 0 Å². The van der Waals surface area contributed by atoms with Crippen LogP contribution >= 0.6 is 0 Å². The maximum absolute atomic E-state index is 5.62. The molecule has 2 saturated carbocycles. The molecule has 0 aromatic carbocycles. The van der Waals surface area contributed by atoms with Gasteiger partial charge in [-0.2, -0.15) is 0 Å². The second-order valence-corrected chi connectivity index (χ2v) is 6.32. The van der Waals surface area contributed by atoms with Gasteiger partial charge in [-0.3, -0.25) is 0 Å². The van der Waals surface area contributed by atoms with Gasteiger partial charge in [0.1, 0.15) is 6.10 Å². The number of rotatable bonds is 0. The molecule has 0 aromatic heterocycles. The van der Waals surface area contributed by atoms with Crippen molar-refractivity contribution in [3.8, 4) is 0 Å². The molecule has 5 atom stereocenters. The minimum atomic E-state index is 0.429. The number of nitrogens with one attached hydrogen (secondary N) is 1. The van der Waals surface area contributed by atoms with Crippen molar-refractivity contribution in [3.63, 3.8) is 0 Å². The van der Waals surface area contributed by atoms with Gasteiger partial charge in [-0.25, -0.2) is 0 Å². The third kappa shape index (κ3) is 1.21. The highest BCUT2D eigenvalue weighted by Gasteiger charge is 2.53. The summed E-state index contributed by atoms with van der Waals surface area (Å²) in [7, 11) is 0. The van der Waals surface area contributed by atoms with Crippen LogP contribution in [0.3, 0.4) is 0 Å². The molecule has 1 spiro atoms. The van der Waals surface area contributed by atoms with Crippen LogP contribution in [0.15, 0.2) is 5.16 Å². The molecule has 88 valence electrons. The Balaban J connectivity index is 1.58. The van der Waals surface area contributed by atoms with Crippen LogP contribution in [0.4, 0.5) is 0 Å². The maximum Gasteiger partial charge on any atom is 0.138 e. The number of oxime groups is 1. The Labute approximate surface area is 96.6 Å². The highest BCUT2D eigenvalue weighted by Crippen LogP contribution is 2.56. The number of hydrogen-bond donors (Lipinski definition) is 1. The van der Waals surface area contributed by atoms with Gasteiger partial charge in [0.25, 0.3) is 0 Å². The zero-order valence-corrected chi connectivity index (χ0v) is 9.69. The van der Waals surface area contributed by atoms with Crippen molar-refractivity contribution in [2.75, 3.05) is 13.1 Å². The average molecular weight is 220 g/mol. The lowest BCUT2D eigenvalue weighted by molar-refractivity contribution is -0.0192. The normalized spacial score (nSPS) is 54.0. The molecular formula is C13H20N2O. The van der Waals surface area contributed by atoms with Gasteiger partial charge in [0.2, 0.25) is 0 Å². The molecule has 4 rings (SSSR count). The van der Waals surface area contributed by atoms with Crippen LogP contribution in [-0.4, -0.2) is 25.4 Å². The van der Waals surface area contributed by atoms with Crippen LogP contribution in [0, 0.1) is 23.2 Å². The van der Waals surface area contributed by atoms with Crippen molar-refractivity contribution < 1.29 is 4.84 Å². The van der Waals surface area contributed by atoms with Gasteiger partial charge in [-0.15, -0.1) is 0 Å². The Morgan fingerprint density at radius 1 is 1.31 bits per heavy atom. The first-order valence-corrected chi connectivity index (χ1v) is 6.76. The van der Waals surface area contributed by atoms with E-state index in [1.807, 2.05) is 0 Å². The van der Waals surface area contributed by atoms with E-state index >= 15 is 0 Å². The molecule has 2 aliphatic carbocycles. The Kier molecular flexibility index (Phi) is 1.90. The van der Waals surface area contributed by atoms with Crippen molar-refractivity contribution in [2.45, 2.75) is 38.2 Å². The van der Waals surface area contributed by atoms with Gasteiger partial charge < -0.3 is 10.2 Å². The zero-order valence-electron chi connectivity index (χ0n) is 9.69. The zero-order chi connectivity index (χ0) is 10.6. The third-order valence-corrected chi connectivity index (χ3v) is 5.45. The van der Waals surface area contributed by atoms with Gasteiger partial charge in [0.05, 0.1) is 6.21 Å². The summed E-state index contributed by atoms with van der Waals surface area (Å²) in [5.74, 6) is 2.34. The summed E-state index contributed by atoms with van der Waals surface area (Å²) >= 11 is 0. The summed E-state index contributed by atoms with van der Waals surface area (Å²) in [6, 6.07) is 0. The summed E-state index contributed by atoms with van der Waals surface area (Å²) in [5.41, 5.74) is 0.621. The van der Waals surface area contributed by atoms with Gasteiger partial charge in [0, 0.05) is 18.4 Å². The molecule has 2 aliphatic heterocycles. The van der Waals surface area contributed by atoms with E-state index in [4.69, 9.17) is 4.84 Å². The van der Waals surface area contributed by atoms with Crippen molar-refractivity contribution in [1.82, 2.24) is 5.32 Å². The SMILES string of the molecule is C1=NOC2C1CCC1CC3(CCNC3)CC12. The lowest BCUT2D eigenvalue weighted by Gasteiger charge is -2.33. The summed E-state index contributed by atoms with van der Waals surface area (Å²) in [6.45, 7) is 2.48. The van der Waals surface area contributed by atoms with Crippen molar-refractivity contribution in [1.29, 1.82) is 0 Å². The second-order valence-electron chi connectivity index (χ2n) is 6.32. The van der Waals surface area contributed by atoms with Crippen LogP contribution < -0.4 is 5.32 Å². The van der Waals surface area contributed by atoms with Gasteiger partial charge in [0.15, 0.2) is 0 Å². The highest BCUT2D eigenvalue weighted by molar-refractivity contribution is 5.62. The summed E-state index contributed by atoms with van der Waals surface area (Å²) in [6.07, 6.45) is 9.41. The fourth-order valence-corrected chi connectivity index (χ4v) is 4.69. The summed E-state index contributed by atoms with van der Waals surface area (Å²) < 4.78 is 0. The largest absolute Gasteiger partial charge is 0.392 e. The molecule has 16 heavy (non-hydrogen) atoms. The predicted molar refractivity (Wildman–Crippen MR) is 62.2 cm³/mol. The molecular weight excluding hydrogens is 200 g/mol. The molecule has 0 amide bonds. The van der Waals surface area contributed by atoms with E-state index in [2.05, 4.69) is 16.7 Å². The minimum absolute atomic E-state index is 0.429. The Morgan fingerprint density at radius 2 is 2.31 bits per heavy atom. The smallest absolute Gasteiger partial charge is 0.138 e. The standard InChI is InChI=1S/C13H20N2O/c1-2-10-7-15-16-12(10)11-6-13(5-9(1)11)3-4-14-8-13/h7,9-12,14H,1-6,8H2. The Bertz CT molecular complexity index is 322. The van der Waals surface area contributed by atoms with Crippen LogP contribution in [0.1, 0.15) is 32.1 Å². The first-order chi connectivity index (χ1) is 7.86. The fourth-order valence-electron chi connectivity index (χ4n) is 4.69. The second kappa shape index (κ2) is 3.22. The monoisotopic (exact) mass is 220 g/mol. The lowest BCUT2D eigenvalue weighted by Crippen LogP contribution is -2.35. The maximum atomic E-state index is 5.62. The Hall–Kier alpha value is -0.570. The van der Waals surface area contributed by atoms with E-state index in [1.165, 1.54) is 45.2 Å². The van der Waals surface area contributed by atoms with E-state index in [9.17, 15) is 0 Å². The molecule has 1 N–H and O–H groups in total. The molecule has 0 radical (unpaired) electrons. The molecule has 4 aliphatic rings. The van der Waals surface area contributed by atoms with Gasteiger partial charge in [-0.05, 0) is 50.0 Å². The third-order valence-electron chi connectivity index (χ3n) is 5.45. The average Bonchev–Trinajstić information content (AvgIpc) is 2.97. The minimum Gasteiger partial charge on any atom is -0.392 e. The first kappa shape index (κ1) is 9.46.